The maximum atomic E-state index is 12.3. The summed E-state index contributed by atoms with van der Waals surface area (Å²) >= 11 is 0. The number of hydrogen-bond acceptors (Lipinski definition) is 3. The fourth-order valence-electron chi connectivity index (χ4n) is 4.82. The van der Waals surface area contributed by atoms with Crippen LogP contribution in [0.15, 0.2) is 18.2 Å². The SMILES string of the molecule is CCCCCCCCCCCCCCCCCCOC(=O)C=Cc1cc(C(C)(C)C)cc(C(C)(C)C)c1O. The van der Waals surface area contributed by atoms with Gasteiger partial charge in [-0.2, -0.15) is 0 Å². The van der Waals surface area contributed by atoms with Crippen LogP contribution in [-0.4, -0.2) is 17.7 Å². The lowest BCUT2D eigenvalue weighted by Gasteiger charge is -2.27. The third kappa shape index (κ3) is 15.0. The number of esters is 1. The molecule has 1 aromatic rings. The largest absolute Gasteiger partial charge is 0.507 e. The number of ether oxygens (including phenoxy) is 1. The first kappa shape index (κ1) is 34.3. The third-order valence-electron chi connectivity index (χ3n) is 7.45. The third-order valence-corrected chi connectivity index (χ3v) is 7.45. The summed E-state index contributed by atoms with van der Waals surface area (Å²) in [5.41, 5.74) is 2.46. The number of aromatic hydroxyl groups is 1. The van der Waals surface area contributed by atoms with Gasteiger partial charge in [-0.1, -0.05) is 151 Å². The number of carbonyl (C=O) groups is 1. The standard InChI is InChI=1S/C35H60O3/c1-8-9-10-11-12-13-14-15-16-17-18-19-20-21-22-23-26-38-32(36)25-24-29-27-30(34(2,3)4)28-31(33(29)37)35(5,6)7/h24-25,27-28,37H,8-23,26H2,1-7H3. The van der Waals surface area contributed by atoms with Gasteiger partial charge in [0.05, 0.1) is 6.61 Å². The highest BCUT2D eigenvalue weighted by atomic mass is 16.5. The summed E-state index contributed by atoms with van der Waals surface area (Å²) in [5, 5.41) is 10.9. The zero-order valence-corrected chi connectivity index (χ0v) is 26.1. The van der Waals surface area contributed by atoms with E-state index in [1.54, 1.807) is 6.08 Å². The van der Waals surface area contributed by atoms with E-state index in [0.29, 0.717) is 12.2 Å². The van der Waals surface area contributed by atoms with Crippen molar-refractivity contribution >= 4 is 12.0 Å². The van der Waals surface area contributed by atoms with Crippen molar-refractivity contribution in [2.24, 2.45) is 0 Å². The van der Waals surface area contributed by atoms with Crippen LogP contribution in [0.4, 0.5) is 0 Å². The number of phenolic OH excluding ortho intramolecular Hbond substituents is 1. The normalized spacial score (nSPS) is 12.4. The van der Waals surface area contributed by atoms with Gasteiger partial charge in [0, 0.05) is 17.2 Å². The van der Waals surface area contributed by atoms with Crippen LogP contribution in [0.1, 0.15) is 168 Å². The second-order valence-corrected chi connectivity index (χ2v) is 13.3. The van der Waals surface area contributed by atoms with E-state index in [4.69, 9.17) is 4.74 Å². The lowest BCUT2D eigenvalue weighted by Crippen LogP contribution is -2.17. The molecule has 3 heteroatoms. The fourth-order valence-corrected chi connectivity index (χ4v) is 4.82. The van der Waals surface area contributed by atoms with E-state index in [0.717, 1.165) is 24.0 Å². The van der Waals surface area contributed by atoms with Crippen molar-refractivity contribution in [2.75, 3.05) is 6.61 Å². The Kier molecular flexibility index (Phi) is 16.7. The van der Waals surface area contributed by atoms with Gasteiger partial charge in [-0.3, -0.25) is 0 Å². The van der Waals surface area contributed by atoms with Gasteiger partial charge >= 0.3 is 5.97 Å². The zero-order valence-electron chi connectivity index (χ0n) is 26.1. The number of hydrogen-bond donors (Lipinski definition) is 1. The molecule has 0 aromatic heterocycles. The Hall–Kier alpha value is -1.77. The molecule has 1 rings (SSSR count). The van der Waals surface area contributed by atoms with Gasteiger partial charge < -0.3 is 9.84 Å². The molecule has 0 fully saturated rings. The Balaban J connectivity index is 2.20. The van der Waals surface area contributed by atoms with Crippen LogP contribution in [0, 0.1) is 0 Å². The maximum absolute atomic E-state index is 12.3. The highest BCUT2D eigenvalue weighted by molar-refractivity contribution is 5.87. The number of benzene rings is 1. The van der Waals surface area contributed by atoms with Crippen LogP contribution in [0.5, 0.6) is 5.75 Å². The van der Waals surface area contributed by atoms with Gasteiger partial charge in [0.15, 0.2) is 0 Å². The first-order valence-electron chi connectivity index (χ1n) is 15.7. The summed E-state index contributed by atoms with van der Waals surface area (Å²) in [7, 11) is 0. The van der Waals surface area contributed by atoms with Gasteiger partial charge in [0.1, 0.15) is 5.75 Å². The predicted octanol–water partition coefficient (Wildman–Crippen LogP) is 10.8. The molecule has 0 spiro atoms. The smallest absolute Gasteiger partial charge is 0.330 e. The molecule has 1 N–H and O–H groups in total. The number of carbonyl (C=O) groups excluding carboxylic acids is 1. The Bertz CT molecular complexity index is 808. The minimum atomic E-state index is -0.344. The monoisotopic (exact) mass is 528 g/mol. The Morgan fingerprint density at radius 2 is 1.16 bits per heavy atom. The van der Waals surface area contributed by atoms with Crippen LogP contribution in [0.3, 0.4) is 0 Å². The van der Waals surface area contributed by atoms with Crippen molar-refractivity contribution in [3.8, 4) is 5.75 Å². The van der Waals surface area contributed by atoms with E-state index in [-0.39, 0.29) is 22.5 Å². The molecule has 0 amide bonds. The molecular weight excluding hydrogens is 468 g/mol. The van der Waals surface area contributed by atoms with Crippen molar-refractivity contribution in [3.05, 3.63) is 34.9 Å². The van der Waals surface area contributed by atoms with Crippen LogP contribution in [0.25, 0.3) is 6.08 Å². The molecule has 0 heterocycles. The molecule has 0 bridgehead atoms. The molecule has 0 aliphatic rings. The summed E-state index contributed by atoms with van der Waals surface area (Å²) < 4.78 is 5.41. The van der Waals surface area contributed by atoms with Gasteiger partial charge in [-0.15, -0.1) is 0 Å². The summed E-state index contributed by atoms with van der Waals surface area (Å²) in [5.74, 6) is -0.101. The molecule has 0 saturated heterocycles. The summed E-state index contributed by atoms with van der Waals surface area (Å²) in [6, 6.07) is 4.06. The fraction of sp³-hybridized carbons (Fsp3) is 0.743. The molecule has 1 aromatic carbocycles. The molecule has 0 aliphatic carbocycles. The Morgan fingerprint density at radius 1 is 0.711 bits per heavy atom. The summed E-state index contributed by atoms with van der Waals surface area (Å²) in [6.45, 7) is 15.5. The van der Waals surface area contributed by atoms with E-state index >= 15 is 0 Å². The van der Waals surface area contributed by atoms with E-state index in [1.807, 2.05) is 6.07 Å². The van der Waals surface area contributed by atoms with E-state index in [9.17, 15) is 9.90 Å². The van der Waals surface area contributed by atoms with Crippen LogP contribution >= 0.6 is 0 Å². The van der Waals surface area contributed by atoms with Gasteiger partial charge in [0.2, 0.25) is 0 Å². The second kappa shape index (κ2) is 18.5. The van der Waals surface area contributed by atoms with Gasteiger partial charge in [-0.05, 0) is 35.0 Å². The van der Waals surface area contributed by atoms with Crippen molar-refractivity contribution in [1.82, 2.24) is 0 Å². The Morgan fingerprint density at radius 3 is 1.58 bits per heavy atom. The number of rotatable bonds is 19. The first-order chi connectivity index (χ1) is 18.0. The molecule has 0 atom stereocenters. The van der Waals surface area contributed by atoms with Crippen molar-refractivity contribution in [3.63, 3.8) is 0 Å². The van der Waals surface area contributed by atoms with Crippen LogP contribution < -0.4 is 0 Å². The summed E-state index contributed by atoms with van der Waals surface area (Å²) in [4.78, 5) is 12.3. The maximum Gasteiger partial charge on any atom is 0.330 e. The van der Waals surface area contributed by atoms with Gasteiger partial charge in [-0.25, -0.2) is 4.79 Å². The zero-order chi connectivity index (χ0) is 28.4. The second-order valence-electron chi connectivity index (χ2n) is 13.3. The molecule has 218 valence electrons. The van der Waals surface area contributed by atoms with E-state index in [2.05, 4.69) is 54.5 Å². The highest BCUT2D eigenvalue weighted by Gasteiger charge is 2.24. The van der Waals surface area contributed by atoms with Crippen molar-refractivity contribution < 1.29 is 14.6 Å². The van der Waals surface area contributed by atoms with Crippen molar-refractivity contribution in [2.45, 2.75) is 162 Å². The average molecular weight is 529 g/mol. The molecule has 0 unspecified atom stereocenters. The minimum Gasteiger partial charge on any atom is -0.507 e. The van der Waals surface area contributed by atoms with E-state index < -0.39 is 0 Å². The molecule has 3 nitrogen and oxygen atoms in total. The lowest BCUT2D eigenvalue weighted by atomic mass is 9.79. The van der Waals surface area contributed by atoms with E-state index in [1.165, 1.54) is 96.0 Å². The number of phenols is 1. The molecule has 38 heavy (non-hydrogen) atoms. The lowest BCUT2D eigenvalue weighted by molar-refractivity contribution is -0.137. The first-order valence-corrected chi connectivity index (χ1v) is 15.7. The molecule has 0 aliphatic heterocycles. The minimum absolute atomic E-state index is 0.0515. The average Bonchev–Trinajstić information content (AvgIpc) is 2.83. The van der Waals surface area contributed by atoms with Crippen molar-refractivity contribution in [1.29, 1.82) is 0 Å². The molecular formula is C35H60O3. The van der Waals surface area contributed by atoms with Crippen LogP contribution in [0.2, 0.25) is 0 Å². The topological polar surface area (TPSA) is 46.5 Å². The molecule has 0 saturated carbocycles. The summed E-state index contributed by atoms with van der Waals surface area (Å²) in [6.07, 6.45) is 24.4. The predicted molar refractivity (Wildman–Crippen MR) is 165 cm³/mol. The number of unbranched alkanes of at least 4 members (excludes halogenated alkanes) is 15. The quantitative estimate of drug-likeness (QED) is 0.110. The van der Waals surface area contributed by atoms with Crippen LogP contribution in [-0.2, 0) is 20.4 Å². The Labute approximate surface area is 235 Å². The molecule has 0 radical (unpaired) electrons. The highest BCUT2D eigenvalue weighted by Crippen LogP contribution is 2.38. The van der Waals surface area contributed by atoms with Gasteiger partial charge in [0.25, 0.3) is 0 Å².